The third kappa shape index (κ3) is 6.56. The van der Waals surface area contributed by atoms with Crippen molar-refractivity contribution in [1.29, 1.82) is 5.26 Å². The monoisotopic (exact) mass is 400 g/mol. The standard InChI is InChI=1S/C20H24N4OS2/c1-14-18(15(2)24-20(23-14)26-3)8-9-19(25)22-10-11-27-13-17-7-5-4-6-16(17)12-21/h4-7H,8-11,13H2,1-3H3,(H,22,25). The molecule has 0 fully saturated rings. The molecule has 2 aromatic rings. The van der Waals surface area contributed by atoms with Gasteiger partial charge < -0.3 is 5.32 Å². The molecule has 142 valence electrons. The number of nitrogens with one attached hydrogen (secondary N) is 1. The Morgan fingerprint density at radius 1 is 1.22 bits per heavy atom. The second kappa shape index (κ2) is 11.0. The molecule has 0 aliphatic heterocycles. The maximum absolute atomic E-state index is 12.1. The van der Waals surface area contributed by atoms with Gasteiger partial charge in [0.2, 0.25) is 5.91 Å². The van der Waals surface area contributed by atoms with Gasteiger partial charge in [0.25, 0.3) is 0 Å². The summed E-state index contributed by atoms with van der Waals surface area (Å²) in [6, 6.07) is 9.82. The molecule has 2 rings (SSSR count). The van der Waals surface area contributed by atoms with Crippen LogP contribution in [0.3, 0.4) is 0 Å². The Balaban J connectivity index is 1.71. The van der Waals surface area contributed by atoms with Crippen LogP contribution >= 0.6 is 23.5 Å². The van der Waals surface area contributed by atoms with Crippen LogP contribution < -0.4 is 5.32 Å². The van der Waals surface area contributed by atoms with E-state index in [2.05, 4.69) is 21.4 Å². The number of amides is 1. The van der Waals surface area contributed by atoms with Crippen molar-refractivity contribution >= 4 is 29.4 Å². The molecule has 1 amide bonds. The number of carbonyl (C=O) groups is 1. The minimum Gasteiger partial charge on any atom is -0.355 e. The molecule has 0 saturated carbocycles. The van der Waals surface area contributed by atoms with Crippen molar-refractivity contribution < 1.29 is 4.79 Å². The predicted octanol–water partition coefficient (Wildman–Crippen LogP) is 3.67. The molecule has 1 aromatic heterocycles. The third-order valence-corrected chi connectivity index (χ3v) is 5.70. The van der Waals surface area contributed by atoms with Gasteiger partial charge in [0, 0.05) is 35.9 Å². The van der Waals surface area contributed by atoms with E-state index in [4.69, 9.17) is 5.26 Å². The number of rotatable bonds is 9. The van der Waals surface area contributed by atoms with Crippen molar-refractivity contribution in [3.8, 4) is 6.07 Å². The van der Waals surface area contributed by atoms with Crippen molar-refractivity contribution in [2.75, 3.05) is 18.6 Å². The summed E-state index contributed by atoms with van der Waals surface area (Å²) in [5.41, 5.74) is 4.72. The van der Waals surface area contributed by atoms with Gasteiger partial charge in [-0.15, -0.1) is 0 Å². The van der Waals surface area contributed by atoms with E-state index in [0.717, 1.165) is 44.7 Å². The lowest BCUT2D eigenvalue weighted by Crippen LogP contribution is -2.26. The highest BCUT2D eigenvalue weighted by Gasteiger charge is 2.10. The van der Waals surface area contributed by atoms with E-state index < -0.39 is 0 Å². The molecule has 0 unspecified atom stereocenters. The first-order chi connectivity index (χ1) is 13.0. The summed E-state index contributed by atoms with van der Waals surface area (Å²) in [7, 11) is 0. The van der Waals surface area contributed by atoms with Crippen LogP contribution in [0.5, 0.6) is 0 Å². The Hall–Kier alpha value is -2.04. The van der Waals surface area contributed by atoms with Gasteiger partial charge in [-0.3, -0.25) is 4.79 Å². The average molecular weight is 401 g/mol. The van der Waals surface area contributed by atoms with Gasteiger partial charge >= 0.3 is 0 Å². The molecule has 0 aliphatic carbocycles. The minimum atomic E-state index is 0.0424. The molecule has 0 spiro atoms. The summed E-state index contributed by atoms with van der Waals surface area (Å²) in [6.07, 6.45) is 3.05. The van der Waals surface area contributed by atoms with Crippen molar-refractivity contribution in [3.05, 3.63) is 52.3 Å². The number of nitrogens with zero attached hydrogens (tertiary/aromatic N) is 3. The van der Waals surface area contributed by atoms with Crippen molar-refractivity contribution in [2.24, 2.45) is 0 Å². The molecule has 1 heterocycles. The first-order valence-corrected chi connectivity index (χ1v) is 11.1. The molecule has 27 heavy (non-hydrogen) atoms. The first-order valence-electron chi connectivity index (χ1n) is 8.75. The zero-order valence-electron chi connectivity index (χ0n) is 15.9. The van der Waals surface area contributed by atoms with Crippen LogP contribution in [-0.2, 0) is 17.0 Å². The zero-order valence-corrected chi connectivity index (χ0v) is 17.5. The van der Waals surface area contributed by atoms with Gasteiger partial charge in [-0.25, -0.2) is 9.97 Å². The van der Waals surface area contributed by atoms with E-state index in [-0.39, 0.29) is 5.91 Å². The van der Waals surface area contributed by atoms with Gasteiger partial charge in [-0.1, -0.05) is 30.0 Å². The van der Waals surface area contributed by atoms with E-state index in [1.807, 2.05) is 44.4 Å². The maximum Gasteiger partial charge on any atom is 0.220 e. The van der Waals surface area contributed by atoms with Crippen molar-refractivity contribution in [3.63, 3.8) is 0 Å². The van der Waals surface area contributed by atoms with Crippen LogP contribution in [0.1, 0.15) is 34.5 Å². The molecule has 0 aliphatic rings. The summed E-state index contributed by atoms with van der Waals surface area (Å²) in [5, 5.41) is 12.8. The van der Waals surface area contributed by atoms with Crippen molar-refractivity contribution in [1.82, 2.24) is 15.3 Å². The summed E-state index contributed by atoms with van der Waals surface area (Å²) < 4.78 is 0. The number of thioether (sulfide) groups is 2. The molecule has 5 nitrogen and oxygen atoms in total. The molecule has 1 N–H and O–H groups in total. The van der Waals surface area contributed by atoms with Crippen LogP contribution in [-0.4, -0.2) is 34.4 Å². The molecule has 0 radical (unpaired) electrons. The van der Waals surface area contributed by atoms with E-state index >= 15 is 0 Å². The van der Waals surface area contributed by atoms with Gasteiger partial charge in [-0.2, -0.15) is 17.0 Å². The first kappa shape index (κ1) is 21.3. The van der Waals surface area contributed by atoms with Crippen LogP contribution in [0.4, 0.5) is 0 Å². The quantitative estimate of drug-likeness (QED) is 0.393. The Morgan fingerprint density at radius 2 is 1.93 bits per heavy atom. The lowest BCUT2D eigenvalue weighted by Gasteiger charge is -2.10. The van der Waals surface area contributed by atoms with Gasteiger partial charge in [-0.05, 0) is 43.7 Å². The Morgan fingerprint density at radius 3 is 2.59 bits per heavy atom. The predicted molar refractivity (Wildman–Crippen MR) is 112 cm³/mol. The highest BCUT2D eigenvalue weighted by molar-refractivity contribution is 7.98. The second-order valence-corrected chi connectivity index (χ2v) is 7.91. The van der Waals surface area contributed by atoms with Crippen LogP contribution in [0, 0.1) is 25.2 Å². The largest absolute Gasteiger partial charge is 0.355 e. The lowest BCUT2D eigenvalue weighted by atomic mass is 10.1. The summed E-state index contributed by atoms with van der Waals surface area (Å²) in [4.78, 5) is 21.0. The molecular formula is C20H24N4OS2. The average Bonchev–Trinajstić information content (AvgIpc) is 2.67. The van der Waals surface area contributed by atoms with Crippen LogP contribution in [0.2, 0.25) is 0 Å². The minimum absolute atomic E-state index is 0.0424. The number of hydrogen-bond acceptors (Lipinski definition) is 6. The van der Waals surface area contributed by atoms with Crippen LogP contribution in [0.15, 0.2) is 29.4 Å². The molecule has 0 bridgehead atoms. The van der Waals surface area contributed by atoms with Gasteiger partial charge in [0.15, 0.2) is 5.16 Å². The summed E-state index contributed by atoms with van der Waals surface area (Å²) >= 11 is 3.24. The number of aromatic nitrogens is 2. The highest BCUT2D eigenvalue weighted by Crippen LogP contribution is 2.17. The Labute approximate surface area is 169 Å². The number of aryl methyl sites for hydroxylation is 2. The Kier molecular flexibility index (Phi) is 8.62. The lowest BCUT2D eigenvalue weighted by molar-refractivity contribution is -0.120. The van der Waals surface area contributed by atoms with E-state index in [9.17, 15) is 4.79 Å². The zero-order chi connectivity index (χ0) is 19.6. The SMILES string of the molecule is CSc1nc(C)c(CCC(=O)NCCSCc2ccccc2C#N)c(C)n1. The fourth-order valence-electron chi connectivity index (χ4n) is 2.69. The van der Waals surface area contributed by atoms with Crippen molar-refractivity contribution in [2.45, 2.75) is 37.6 Å². The fourth-order valence-corrected chi connectivity index (χ4v) is 4.01. The summed E-state index contributed by atoms with van der Waals surface area (Å²) in [6.45, 7) is 4.56. The van der Waals surface area contributed by atoms with E-state index in [1.165, 1.54) is 11.8 Å². The number of benzene rings is 1. The molecule has 7 heteroatoms. The van der Waals surface area contributed by atoms with E-state index in [1.54, 1.807) is 11.8 Å². The molecule has 0 saturated heterocycles. The maximum atomic E-state index is 12.1. The number of carbonyl (C=O) groups excluding carboxylic acids is 1. The second-order valence-electron chi connectivity index (χ2n) is 6.03. The highest BCUT2D eigenvalue weighted by atomic mass is 32.2. The third-order valence-electron chi connectivity index (χ3n) is 4.15. The normalized spacial score (nSPS) is 10.4. The summed E-state index contributed by atoms with van der Waals surface area (Å²) in [5.74, 6) is 1.63. The fraction of sp³-hybridized carbons (Fsp3) is 0.400. The van der Waals surface area contributed by atoms with Crippen LogP contribution in [0.25, 0.3) is 0 Å². The topological polar surface area (TPSA) is 78.7 Å². The Bertz CT molecular complexity index is 810. The van der Waals surface area contributed by atoms with Gasteiger partial charge in [0.05, 0.1) is 11.6 Å². The molecule has 0 atom stereocenters. The number of hydrogen-bond donors (Lipinski definition) is 1. The smallest absolute Gasteiger partial charge is 0.220 e. The number of nitriles is 1. The molecule has 1 aromatic carbocycles. The molecular weight excluding hydrogens is 376 g/mol. The van der Waals surface area contributed by atoms with E-state index in [0.29, 0.717) is 19.4 Å². The van der Waals surface area contributed by atoms with Gasteiger partial charge in [0.1, 0.15) is 0 Å².